The van der Waals surface area contributed by atoms with Crippen LogP contribution in [0.1, 0.15) is 39.5 Å². The van der Waals surface area contributed by atoms with E-state index in [1.165, 1.54) is 31.4 Å². The highest BCUT2D eigenvalue weighted by atomic mass is 15.2. The Kier molecular flexibility index (Phi) is 3.70. The van der Waals surface area contributed by atoms with Gasteiger partial charge in [-0.25, -0.2) is 0 Å². The first-order valence-electron chi connectivity index (χ1n) is 7.74. The van der Waals surface area contributed by atoms with Gasteiger partial charge in [0.25, 0.3) is 0 Å². The molecule has 0 atom stereocenters. The Balaban J connectivity index is 1.71. The largest absolute Gasteiger partial charge is 0.382 e. The summed E-state index contributed by atoms with van der Waals surface area (Å²) in [4.78, 5) is 0. The van der Waals surface area contributed by atoms with Crippen LogP contribution < -0.4 is 5.32 Å². The summed E-state index contributed by atoms with van der Waals surface area (Å²) in [6.07, 6.45) is 6.84. The molecule has 1 saturated carbocycles. The Hall–Kier alpha value is -1.84. The fourth-order valence-electron chi connectivity index (χ4n) is 3.07. The van der Waals surface area contributed by atoms with Crippen molar-refractivity contribution in [2.75, 3.05) is 5.32 Å². The van der Waals surface area contributed by atoms with Gasteiger partial charge < -0.3 is 9.88 Å². The highest BCUT2D eigenvalue weighted by molar-refractivity contribution is 5.62. The Morgan fingerprint density at radius 1 is 1.24 bits per heavy atom. The van der Waals surface area contributed by atoms with Gasteiger partial charge in [0.1, 0.15) is 6.33 Å². The third kappa shape index (κ3) is 3.26. The van der Waals surface area contributed by atoms with Gasteiger partial charge in [-0.15, -0.1) is 10.2 Å². The van der Waals surface area contributed by atoms with E-state index in [0.717, 1.165) is 11.4 Å². The minimum atomic E-state index is 0.513. The SMILES string of the molecule is Cn1cnnc1-c1cccc(NC2CCC(C)(C)CC2)c1. The van der Waals surface area contributed by atoms with Crippen molar-refractivity contribution in [2.24, 2.45) is 12.5 Å². The summed E-state index contributed by atoms with van der Waals surface area (Å²) >= 11 is 0. The molecule has 0 unspecified atom stereocenters. The lowest BCUT2D eigenvalue weighted by atomic mass is 9.75. The smallest absolute Gasteiger partial charge is 0.163 e. The number of benzene rings is 1. The number of nitrogens with zero attached hydrogens (tertiary/aromatic N) is 3. The van der Waals surface area contributed by atoms with Crippen molar-refractivity contribution in [1.29, 1.82) is 0 Å². The summed E-state index contributed by atoms with van der Waals surface area (Å²) in [5.74, 6) is 0.906. The van der Waals surface area contributed by atoms with Crippen LogP contribution in [-0.4, -0.2) is 20.8 Å². The van der Waals surface area contributed by atoms with Gasteiger partial charge in [0, 0.05) is 24.3 Å². The van der Waals surface area contributed by atoms with E-state index in [1.54, 1.807) is 6.33 Å². The zero-order chi connectivity index (χ0) is 14.9. The Bertz CT molecular complexity index is 605. The molecule has 21 heavy (non-hydrogen) atoms. The van der Waals surface area contributed by atoms with Crippen LogP contribution in [0.4, 0.5) is 5.69 Å². The predicted molar refractivity (Wildman–Crippen MR) is 86.1 cm³/mol. The van der Waals surface area contributed by atoms with E-state index >= 15 is 0 Å². The van der Waals surface area contributed by atoms with E-state index in [9.17, 15) is 0 Å². The molecular weight excluding hydrogens is 260 g/mol. The quantitative estimate of drug-likeness (QED) is 0.930. The number of nitrogens with one attached hydrogen (secondary N) is 1. The third-order valence-electron chi connectivity index (χ3n) is 4.54. The summed E-state index contributed by atoms with van der Waals surface area (Å²) in [5, 5.41) is 11.8. The van der Waals surface area contributed by atoms with Gasteiger partial charge in [-0.1, -0.05) is 26.0 Å². The van der Waals surface area contributed by atoms with Crippen LogP contribution in [0.3, 0.4) is 0 Å². The highest BCUT2D eigenvalue weighted by Gasteiger charge is 2.26. The summed E-state index contributed by atoms with van der Waals surface area (Å²) in [5.41, 5.74) is 2.80. The maximum Gasteiger partial charge on any atom is 0.163 e. The molecule has 1 aromatic heterocycles. The molecule has 4 nitrogen and oxygen atoms in total. The van der Waals surface area contributed by atoms with E-state index < -0.39 is 0 Å². The minimum Gasteiger partial charge on any atom is -0.382 e. The van der Waals surface area contributed by atoms with Crippen molar-refractivity contribution in [3.63, 3.8) is 0 Å². The van der Waals surface area contributed by atoms with Gasteiger partial charge in [-0.3, -0.25) is 0 Å². The van der Waals surface area contributed by atoms with Crippen molar-refractivity contribution in [3.8, 4) is 11.4 Å². The Morgan fingerprint density at radius 3 is 2.67 bits per heavy atom. The molecule has 0 aliphatic heterocycles. The molecular formula is C17H24N4. The average molecular weight is 284 g/mol. The van der Waals surface area contributed by atoms with Crippen molar-refractivity contribution in [1.82, 2.24) is 14.8 Å². The number of hydrogen-bond donors (Lipinski definition) is 1. The molecule has 4 heteroatoms. The number of aromatic nitrogens is 3. The topological polar surface area (TPSA) is 42.7 Å². The fourth-order valence-corrected chi connectivity index (χ4v) is 3.07. The summed E-state index contributed by atoms with van der Waals surface area (Å²) in [6.45, 7) is 4.75. The second kappa shape index (κ2) is 5.51. The van der Waals surface area contributed by atoms with Crippen molar-refractivity contribution >= 4 is 5.69 Å². The molecule has 1 aliphatic rings. The van der Waals surface area contributed by atoms with Crippen LogP contribution in [0, 0.1) is 5.41 Å². The molecule has 0 amide bonds. The Morgan fingerprint density at radius 2 is 2.00 bits per heavy atom. The van der Waals surface area contributed by atoms with Gasteiger partial charge in [-0.05, 0) is 43.2 Å². The molecule has 0 saturated heterocycles. The van der Waals surface area contributed by atoms with Crippen LogP contribution in [0.5, 0.6) is 0 Å². The predicted octanol–water partition coefficient (Wildman–Crippen LogP) is 3.86. The van der Waals surface area contributed by atoms with Gasteiger partial charge in [0.05, 0.1) is 0 Å². The lowest BCUT2D eigenvalue weighted by molar-refractivity contribution is 0.232. The molecule has 3 rings (SSSR count). The molecule has 0 radical (unpaired) electrons. The van der Waals surface area contributed by atoms with E-state index in [0.29, 0.717) is 11.5 Å². The standard InChI is InChI=1S/C17H24N4/c1-17(2)9-7-14(8-10-17)19-15-6-4-5-13(11-15)16-20-18-12-21(16)3/h4-6,11-12,14,19H,7-10H2,1-3H3. The van der Waals surface area contributed by atoms with E-state index in [-0.39, 0.29) is 0 Å². The normalized spacial score (nSPS) is 18.6. The number of anilines is 1. The van der Waals surface area contributed by atoms with Crippen LogP contribution in [0.15, 0.2) is 30.6 Å². The zero-order valence-electron chi connectivity index (χ0n) is 13.1. The second-order valence-corrected chi connectivity index (χ2v) is 6.93. The molecule has 1 heterocycles. The van der Waals surface area contributed by atoms with Crippen molar-refractivity contribution < 1.29 is 0 Å². The number of hydrogen-bond acceptors (Lipinski definition) is 3. The Labute approximate surface area is 126 Å². The van der Waals surface area contributed by atoms with Gasteiger partial charge in [0.15, 0.2) is 5.82 Å². The highest BCUT2D eigenvalue weighted by Crippen LogP contribution is 2.36. The van der Waals surface area contributed by atoms with Crippen molar-refractivity contribution in [2.45, 2.75) is 45.6 Å². The third-order valence-corrected chi connectivity index (χ3v) is 4.54. The lowest BCUT2D eigenvalue weighted by Crippen LogP contribution is -2.29. The number of aryl methyl sites for hydroxylation is 1. The molecule has 112 valence electrons. The molecule has 0 bridgehead atoms. The first kappa shape index (κ1) is 14.1. The summed E-state index contributed by atoms with van der Waals surface area (Å²) in [6, 6.07) is 9.06. The minimum absolute atomic E-state index is 0.513. The summed E-state index contributed by atoms with van der Waals surface area (Å²) < 4.78 is 1.95. The maximum atomic E-state index is 4.18. The molecule has 0 spiro atoms. The monoisotopic (exact) mass is 284 g/mol. The average Bonchev–Trinajstić information content (AvgIpc) is 2.88. The van der Waals surface area contributed by atoms with Gasteiger partial charge >= 0.3 is 0 Å². The van der Waals surface area contributed by atoms with Crippen LogP contribution in [-0.2, 0) is 7.05 Å². The van der Waals surface area contributed by atoms with E-state index in [2.05, 4.69) is 53.6 Å². The number of rotatable bonds is 3. The first-order chi connectivity index (χ1) is 10.0. The summed E-state index contributed by atoms with van der Waals surface area (Å²) in [7, 11) is 1.97. The first-order valence-corrected chi connectivity index (χ1v) is 7.74. The van der Waals surface area contributed by atoms with E-state index in [4.69, 9.17) is 0 Å². The lowest BCUT2D eigenvalue weighted by Gasteiger charge is -2.35. The zero-order valence-corrected chi connectivity index (χ0v) is 13.1. The van der Waals surface area contributed by atoms with Crippen LogP contribution in [0.2, 0.25) is 0 Å². The van der Waals surface area contributed by atoms with Crippen LogP contribution >= 0.6 is 0 Å². The molecule has 1 aliphatic carbocycles. The molecule has 1 aromatic carbocycles. The second-order valence-electron chi connectivity index (χ2n) is 6.93. The van der Waals surface area contributed by atoms with Gasteiger partial charge in [0.2, 0.25) is 0 Å². The molecule has 1 fully saturated rings. The van der Waals surface area contributed by atoms with E-state index in [1.807, 2.05) is 11.6 Å². The fraction of sp³-hybridized carbons (Fsp3) is 0.529. The maximum absolute atomic E-state index is 4.18. The van der Waals surface area contributed by atoms with Gasteiger partial charge in [-0.2, -0.15) is 0 Å². The van der Waals surface area contributed by atoms with Crippen LogP contribution in [0.25, 0.3) is 11.4 Å². The molecule has 1 N–H and O–H groups in total. The van der Waals surface area contributed by atoms with Crippen molar-refractivity contribution in [3.05, 3.63) is 30.6 Å². The molecule has 2 aromatic rings.